The van der Waals surface area contributed by atoms with Crippen molar-refractivity contribution in [3.8, 4) is 17.2 Å². The average molecular weight is 318 g/mol. The van der Waals surface area contributed by atoms with Gasteiger partial charge >= 0.3 is 0 Å². The molecule has 0 spiro atoms. The summed E-state index contributed by atoms with van der Waals surface area (Å²) in [6.07, 6.45) is 4.51. The third-order valence-corrected chi connectivity index (χ3v) is 3.44. The summed E-state index contributed by atoms with van der Waals surface area (Å²) in [5.41, 5.74) is 1.26. The minimum Gasteiger partial charge on any atom is -0.493 e. The van der Waals surface area contributed by atoms with Crippen molar-refractivity contribution < 1.29 is 19.0 Å². The average Bonchev–Trinajstić information content (AvgIpc) is 3.11. The van der Waals surface area contributed by atoms with Crippen LogP contribution in [0.1, 0.15) is 16.8 Å². The van der Waals surface area contributed by atoms with Crippen molar-refractivity contribution in [2.24, 2.45) is 0 Å². The predicted octanol–water partition coefficient (Wildman–Crippen LogP) is 2.26. The summed E-state index contributed by atoms with van der Waals surface area (Å²) in [5, 5.41) is 2.90. The molecule has 6 nitrogen and oxygen atoms in total. The molecule has 0 aliphatic carbocycles. The van der Waals surface area contributed by atoms with Gasteiger partial charge in [-0.25, -0.2) is 0 Å². The van der Waals surface area contributed by atoms with E-state index in [1.165, 1.54) is 0 Å². The Bertz CT molecular complexity index is 638. The molecule has 0 atom stereocenters. The Labute approximate surface area is 136 Å². The highest BCUT2D eigenvalue weighted by atomic mass is 16.5. The van der Waals surface area contributed by atoms with Gasteiger partial charge in [0.15, 0.2) is 11.5 Å². The number of rotatable bonds is 8. The molecule has 0 saturated heterocycles. The summed E-state index contributed by atoms with van der Waals surface area (Å²) < 4.78 is 17.5. The molecular formula is C17H22N2O4. The Hall–Kier alpha value is -2.47. The van der Waals surface area contributed by atoms with E-state index in [4.69, 9.17) is 14.2 Å². The molecule has 0 radical (unpaired) electrons. The topological polar surface area (TPSA) is 61.7 Å². The third kappa shape index (κ3) is 4.04. The fraction of sp³-hybridized carbons (Fsp3) is 0.353. The van der Waals surface area contributed by atoms with Crippen molar-refractivity contribution in [2.75, 3.05) is 34.5 Å². The van der Waals surface area contributed by atoms with Crippen molar-refractivity contribution in [1.29, 1.82) is 0 Å². The van der Waals surface area contributed by atoms with E-state index in [0.717, 1.165) is 12.1 Å². The van der Waals surface area contributed by atoms with Crippen molar-refractivity contribution in [3.05, 3.63) is 42.2 Å². The van der Waals surface area contributed by atoms with Crippen LogP contribution < -0.4 is 14.8 Å². The van der Waals surface area contributed by atoms with Gasteiger partial charge in [-0.1, -0.05) is 0 Å². The Morgan fingerprint density at radius 3 is 2.35 bits per heavy atom. The molecule has 1 heterocycles. The van der Waals surface area contributed by atoms with Crippen LogP contribution in [0.3, 0.4) is 0 Å². The maximum atomic E-state index is 12.5. The van der Waals surface area contributed by atoms with Crippen LogP contribution in [0.15, 0.2) is 36.7 Å². The highest BCUT2D eigenvalue weighted by molar-refractivity contribution is 5.98. The molecule has 23 heavy (non-hydrogen) atoms. The molecule has 0 bridgehead atoms. The van der Waals surface area contributed by atoms with Crippen LogP contribution in [0, 0.1) is 0 Å². The van der Waals surface area contributed by atoms with Crippen molar-refractivity contribution in [3.63, 3.8) is 0 Å². The van der Waals surface area contributed by atoms with Crippen molar-refractivity contribution in [2.45, 2.75) is 6.42 Å². The van der Waals surface area contributed by atoms with E-state index in [1.807, 2.05) is 29.1 Å². The lowest BCUT2D eigenvalue weighted by molar-refractivity contribution is 0.0948. The Morgan fingerprint density at radius 1 is 1.09 bits per heavy atom. The highest BCUT2D eigenvalue weighted by Crippen LogP contribution is 2.32. The van der Waals surface area contributed by atoms with Crippen LogP contribution in [0.4, 0.5) is 0 Å². The van der Waals surface area contributed by atoms with Crippen LogP contribution in [0.25, 0.3) is 5.69 Å². The molecule has 0 unspecified atom stereocenters. The lowest BCUT2D eigenvalue weighted by Crippen LogP contribution is -2.26. The van der Waals surface area contributed by atoms with Crippen LogP contribution in [-0.2, 0) is 4.74 Å². The quantitative estimate of drug-likeness (QED) is 0.759. The zero-order valence-corrected chi connectivity index (χ0v) is 13.7. The van der Waals surface area contributed by atoms with Gasteiger partial charge < -0.3 is 24.1 Å². The number of carbonyl (C=O) groups is 1. The second kappa shape index (κ2) is 8.24. The van der Waals surface area contributed by atoms with E-state index in [9.17, 15) is 4.79 Å². The lowest BCUT2D eigenvalue weighted by Gasteiger charge is -2.15. The molecule has 2 rings (SSSR count). The van der Waals surface area contributed by atoms with Crippen LogP contribution in [-0.4, -0.2) is 45.0 Å². The van der Waals surface area contributed by atoms with E-state index in [2.05, 4.69) is 5.32 Å². The SMILES string of the molecule is COCCCNC(=O)c1cc(OC)c(OC)cc1-n1cccc1. The van der Waals surface area contributed by atoms with Crippen LogP contribution >= 0.6 is 0 Å². The first kappa shape index (κ1) is 16.9. The maximum Gasteiger partial charge on any atom is 0.253 e. The Kier molecular flexibility index (Phi) is 6.05. The van der Waals surface area contributed by atoms with E-state index in [0.29, 0.717) is 30.2 Å². The number of benzene rings is 1. The van der Waals surface area contributed by atoms with Gasteiger partial charge in [0, 0.05) is 38.7 Å². The number of nitrogens with zero attached hydrogens (tertiary/aromatic N) is 1. The van der Waals surface area contributed by atoms with E-state index < -0.39 is 0 Å². The van der Waals surface area contributed by atoms with Gasteiger partial charge in [0.05, 0.1) is 25.5 Å². The molecule has 1 aromatic carbocycles. The van der Waals surface area contributed by atoms with Gasteiger partial charge in [0.1, 0.15) is 0 Å². The van der Waals surface area contributed by atoms with E-state index >= 15 is 0 Å². The number of carbonyl (C=O) groups excluding carboxylic acids is 1. The van der Waals surface area contributed by atoms with Crippen molar-refractivity contribution in [1.82, 2.24) is 9.88 Å². The summed E-state index contributed by atoms with van der Waals surface area (Å²) in [4.78, 5) is 12.5. The number of amides is 1. The summed E-state index contributed by atoms with van der Waals surface area (Å²) in [6.45, 7) is 1.16. The van der Waals surface area contributed by atoms with Gasteiger partial charge in [0.2, 0.25) is 0 Å². The molecular weight excluding hydrogens is 296 g/mol. The minimum atomic E-state index is -0.161. The second-order valence-electron chi connectivity index (χ2n) is 4.92. The van der Waals surface area contributed by atoms with Gasteiger partial charge in [-0.15, -0.1) is 0 Å². The van der Waals surface area contributed by atoms with E-state index in [-0.39, 0.29) is 5.91 Å². The first-order valence-electron chi connectivity index (χ1n) is 7.37. The van der Waals surface area contributed by atoms with Crippen LogP contribution in [0.5, 0.6) is 11.5 Å². The summed E-state index contributed by atoms with van der Waals surface area (Å²) >= 11 is 0. The third-order valence-electron chi connectivity index (χ3n) is 3.44. The maximum absolute atomic E-state index is 12.5. The lowest BCUT2D eigenvalue weighted by atomic mass is 10.1. The fourth-order valence-corrected chi connectivity index (χ4v) is 2.27. The molecule has 0 fully saturated rings. The molecule has 0 aliphatic heterocycles. The molecule has 0 saturated carbocycles. The fourth-order valence-electron chi connectivity index (χ4n) is 2.27. The summed E-state index contributed by atoms with van der Waals surface area (Å²) in [7, 11) is 4.76. The number of hydrogen-bond acceptors (Lipinski definition) is 4. The monoisotopic (exact) mass is 318 g/mol. The van der Waals surface area contributed by atoms with E-state index in [1.54, 1.807) is 33.5 Å². The number of aromatic nitrogens is 1. The zero-order valence-electron chi connectivity index (χ0n) is 13.7. The summed E-state index contributed by atoms with van der Waals surface area (Å²) in [5.74, 6) is 0.934. The van der Waals surface area contributed by atoms with Crippen molar-refractivity contribution >= 4 is 5.91 Å². The molecule has 1 amide bonds. The summed E-state index contributed by atoms with van der Waals surface area (Å²) in [6, 6.07) is 7.29. The second-order valence-corrected chi connectivity index (χ2v) is 4.92. The smallest absolute Gasteiger partial charge is 0.253 e. The zero-order chi connectivity index (χ0) is 16.7. The van der Waals surface area contributed by atoms with Crippen LogP contribution in [0.2, 0.25) is 0 Å². The largest absolute Gasteiger partial charge is 0.493 e. The molecule has 1 aromatic heterocycles. The molecule has 1 N–H and O–H groups in total. The Morgan fingerprint density at radius 2 is 1.74 bits per heavy atom. The molecule has 0 aliphatic rings. The van der Waals surface area contributed by atoms with Gasteiger partial charge in [-0.05, 0) is 24.6 Å². The predicted molar refractivity (Wildman–Crippen MR) is 87.7 cm³/mol. The highest BCUT2D eigenvalue weighted by Gasteiger charge is 2.17. The standard InChI is InChI=1S/C17H22N2O4/c1-21-10-6-7-18-17(20)13-11-15(22-2)16(23-3)12-14(13)19-8-4-5-9-19/h4-5,8-9,11-12H,6-7,10H2,1-3H3,(H,18,20). The minimum absolute atomic E-state index is 0.161. The van der Waals surface area contributed by atoms with Gasteiger partial charge in [0.25, 0.3) is 5.91 Å². The Balaban J connectivity index is 2.33. The first-order valence-corrected chi connectivity index (χ1v) is 7.37. The molecule has 2 aromatic rings. The number of nitrogens with one attached hydrogen (secondary N) is 1. The normalized spacial score (nSPS) is 10.4. The number of ether oxygens (including phenoxy) is 3. The molecule has 124 valence electrons. The van der Waals surface area contributed by atoms with Gasteiger partial charge in [-0.3, -0.25) is 4.79 Å². The van der Waals surface area contributed by atoms with Gasteiger partial charge in [-0.2, -0.15) is 0 Å². The molecule has 6 heteroatoms. The first-order chi connectivity index (χ1) is 11.2. The number of methoxy groups -OCH3 is 3. The number of hydrogen-bond donors (Lipinski definition) is 1.